The Hall–Kier alpha value is -2.87. The predicted molar refractivity (Wildman–Crippen MR) is 116 cm³/mol. The molecule has 30 heavy (non-hydrogen) atoms. The van der Waals surface area contributed by atoms with Gasteiger partial charge in [0.05, 0.1) is 43.1 Å². The average molecular weight is 444 g/mol. The van der Waals surface area contributed by atoms with E-state index in [0.717, 1.165) is 22.5 Å². The van der Waals surface area contributed by atoms with Crippen molar-refractivity contribution in [1.82, 2.24) is 14.3 Å². The number of aromatic amines is 1. The van der Waals surface area contributed by atoms with Crippen LogP contribution in [0.4, 0.5) is 11.4 Å². The minimum absolute atomic E-state index is 0.250. The molecule has 2 N–H and O–H groups in total. The van der Waals surface area contributed by atoms with E-state index in [9.17, 15) is 8.42 Å². The summed E-state index contributed by atoms with van der Waals surface area (Å²) in [7, 11) is -3.44. The fourth-order valence-corrected chi connectivity index (χ4v) is 5.24. The number of sulfonamides is 1. The molecule has 3 heterocycles. The second kappa shape index (κ2) is 8.47. The molecule has 8 nitrogen and oxygen atoms in total. The smallest absolute Gasteiger partial charge is 0.211 e. The lowest BCUT2D eigenvalue weighted by atomic mass is 10.0. The van der Waals surface area contributed by atoms with Gasteiger partial charge in [-0.05, 0) is 46.5 Å². The van der Waals surface area contributed by atoms with Crippen LogP contribution in [0.25, 0.3) is 4.85 Å². The van der Waals surface area contributed by atoms with Crippen LogP contribution in [0.5, 0.6) is 5.75 Å². The number of rotatable bonds is 7. The van der Waals surface area contributed by atoms with E-state index in [2.05, 4.69) is 20.1 Å². The molecule has 0 fully saturated rings. The lowest BCUT2D eigenvalue weighted by Gasteiger charge is -2.34. The molecule has 1 aliphatic heterocycles. The van der Waals surface area contributed by atoms with Gasteiger partial charge in [-0.15, -0.1) is 0 Å². The molecule has 0 saturated carbocycles. The molecular formula is C20H21N5O3S2. The third kappa shape index (κ3) is 4.48. The Morgan fingerprint density at radius 2 is 2.33 bits per heavy atom. The summed E-state index contributed by atoms with van der Waals surface area (Å²) in [6, 6.07) is 5.12. The van der Waals surface area contributed by atoms with Crippen LogP contribution in [-0.4, -0.2) is 41.6 Å². The second-order valence-electron chi connectivity index (χ2n) is 7.13. The molecule has 3 aromatic rings. The van der Waals surface area contributed by atoms with Crippen molar-refractivity contribution in [2.75, 3.05) is 18.2 Å². The van der Waals surface area contributed by atoms with Crippen LogP contribution in [0, 0.1) is 6.57 Å². The van der Waals surface area contributed by atoms with Gasteiger partial charge in [-0.3, -0.25) is 0 Å². The van der Waals surface area contributed by atoms with Crippen LogP contribution in [0.1, 0.15) is 16.8 Å². The van der Waals surface area contributed by atoms with Crippen molar-refractivity contribution in [3.8, 4) is 5.75 Å². The zero-order chi connectivity index (χ0) is 21.1. The maximum Gasteiger partial charge on any atom is 0.211 e. The highest BCUT2D eigenvalue weighted by atomic mass is 32.2. The number of hydrogen-bond donors (Lipinski definition) is 2. The average Bonchev–Trinajstić information content (AvgIpc) is 3.42. The van der Waals surface area contributed by atoms with E-state index in [4.69, 9.17) is 11.3 Å². The standard InChI is InChI=1S/C20H21N5O3S2/c1-21-16-5-15-6-18(25(30(2,26)27)10-14-3-4-29-12-14)11-28-20(15)19(7-16)23-9-17-8-22-13-24-17/h3-5,7-8,12-13,18,23H,6,9-11H2,2H3,(H,22,24). The first kappa shape index (κ1) is 20.4. The van der Waals surface area contributed by atoms with Crippen molar-refractivity contribution in [2.45, 2.75) is 25.6 Å². The van der Waals surface area contributed by atoms with Crippen molar-refractivity contribution < 1.29 is 13.2 Å². The summed E-state index contributed by atoms with van der Waals surface area (Å²) in [6.07, 6.45) is 5.04. The normalized spacial score (nSPS) is 16.0. The van der Waals surface area contributed by atoms with E-state index in [1.165, 1.54) is 21.9 Å². The maximum atomic E-state index is 12.5. The monoisotopic (exact) mass is 443 g/mol. The Balaban J connectivity index is 1.60. The number of imidazole rings is 1. The molecule has 1 aromatic carbocycles. The summed E-state index contributed by atoms with van der Waals surface area (Å²) in [5, 5.41) is 7.17. The molecule has 0 bridgehead atoms. The zero-order valence-electron chi connectivity index (χ0n) is 16.3. The largest absolute Gasteiger partial charge is 0.490 e. The van der Waals surface area contributed by atoms with E-state index in [0.29, 0.717) is 30.9 Å². The third-order valence-electron chi connectivity index (χ3n) is 4.93. The van der Waals surface area contributed by atoms with Crippen LogP contribution in [0.3, 0.4) is 0 Å². The molecule has 0 aliphatic carbocycles. The number of nitrogens with zero attached hydrogens (tertiary/aromatic N) is 3. The number of ether oxygens (including phenoxy) is 1. The van der Waals surface area contributed by atoms with E-state index in [1.54, 1.807) is 24.7 Å². The van der Waals surface area contributed by atoms with E-state index >= 15 is 0 Å². The summed E-state index contributed by atoms with van der Waals surface area (Å²) in [4.78, 5) is 10.6. The third-order valence-corrected chi connectivity index (χ3v) is 6.94. The summed E-state index contributed by atoms with van der Waals surface area (Å²) in [6.45, 7) is 8.49. The van der Waals surface area contributed by atoms with Crippen LogP contribution < -0.4 is 10.1 Å². The SMILES string of the molecule is [C-]#[N+]c1cc2c(c(NCc3cnc[nH]3)c1)OCC(N(Cc1ccsc1)S(C)(=O)=O)C2. The van der Waals surface area contributed by atoms with E-state index in [1.807, 2.05) is 16.8 Å². The van der Waals surface area contributed by atoms with Gasteiger partial charge in [0.25, 0.3) is 0 Å². The Kier molecular flexibility index (Phi) is 5.76. The Labute approximate surface area is 179 Å². The highest BCUT2D eigenvalue weighted by molar-refractivity contribution is 7.88. The molecule has 0 spiro atoms. The molecule has 156 valence electrons. The highest BCUT2D eigenvalue weighted by Gasteiger charge is 2.32. The zero-order valence-corrected chi connectivity index (χ0v) is 18.0. The number of benzene rings is 1. The molecule has 1 aliphatic rings. The number of fused-ring (bicyclic) bond motifs is 1. The van der Waals surface area contributed by atoms with Gasteiger partial charge < -0.3 is 15.0 Å². The van der Waals surface area contributed by atoms with Crippen LogP contribution in [-0.2, 0) is 29.5 Å². The summed E-state index contributed by atoms with van der Waals surface area (Å²) in [5.74, 6) is 0.669. The molecule has 0 radical (unpaired) electrons. The van der Waals surface area contributed by atoms with Gasteiger partial charge in [-0.2, -0.15) is 15.6 Å². The van der Waals surface area contributed by atoms with Crippen molar-refractivity contribution in [1.29, 1.82) is 0 Å². The first-order valence-electron chi connectivity index (χ1n) is 9.30. The van der Waals surface area contributed by atoms with Crippen LogP contribution >= 0.6 is 11.3 Å². The maximum absolute atomic E-state index is 12.5. The molecule has 4 rings (SSSR count). The topological polar surface area (TPSA) is 91.7 Å². The number of H-pyrrole nitrogens is 1. The Morgan fingerprint density at radius 1 is 1.47 bits per heavy atom. The molecular weight excluding hydrogens is 422 g/mol. The van der Waals surface area contributed by atoms with Gasteiger partial charge in [0.15, 0.2) is 5.69 Å². The highest BCUT2D eigenvalue weighted by Crippen LogP contribution is 2.38. The van der Waals surface area contributed by atoms with Crippen molar-refractivity contribution in [3.63, 3.8) is 0 Å². The number of thiophene rings is 1. The first-order valence-corrected chi connectivity index (χ1v) is 12.1. The second-order valence-corrected chi connectivity index (χ2v) is 9.85. The van der Waals surface area contributed by atoms with Crippen LogP contribution in [0.2, 0.25) is 0 Å². The molecule has 1 unspecified atom stereocenters. The predicted octanol–water partition coefficient (Wildman–Crippen LogP) is 3.40. The van der Waals surface area contributed by atoms with Crippen molar-refractivity contribution in [2.24, 2.45) is 0 Å². The molecule has 10 heteroatoms. The van der Waals surface area contributed by atoms with Gasteiger partial charge >= 0.3 is 0 Å². The lowest BCUT2D eigenvalue weighted by molar-refractivity contribution is 0.180. The number of anilines is 1. The molecule has 2 aromatic heterocycles. The van der Waals surface area contributed by atoms with Gasteiger partial charge in [0, 0.05) is 12.7 Å². The Morgan fingerprint density at radius 3 is 3.00 bits per heavy atom. The fourth-order valence-electron chi connectivity index (χ4n) is 3.52. The van der Waals surface area contributed by atoms with Gasteiger partial charge in [0.1, 0.15) is 12.4 Å². The number of nitrogens with one attached hydrogen (secondary N) is 2. The van der Waals surface area contributed by atoms with Crippen molar-refractivity contribution >= 4 is 32.7 Å². The minimum Gasteiger partial charge on any atom is -0.490 e. The Bertz CT molecular complexity index is 1150. The van der Waals surface area contributed by atoms with Gasteiger partial charge in [-0.1, -0.05) is 0 Å². The summed E-state index contributed by atoms with van der Waals surface area (Å²) < 4.78 is 32.5. The first-order chi connectivity index (χ1) is 14.4. The van der Waals surface area contributed by atoms with Crippen molar-refractivity contribution in [3.05, 3.63) is 69.7 Å². The molecule has 0 saturated heterocycles. The quantitative estimate of drug-likeness (QED) is 0.546. The van der Waals surface area contributed by atoms with E-state index < -0.39 is 10.0 Å². The molecule has 1 atom stereocenters. The number of aromatic nitrogens is 2. The summed E-state index contributed by atoms with van der Waals surface area (Å²) in [5.41, 5.74) is 3.88. The summed E-state index contributed by atoms with van der Waals surface area (Å²) >= 11 is 1.54. The van der Waals surface area contributed by atoms with Gasteiger partial charge in [-0.25, -0.2) is 18.2 Å². The van der Waals surface area contributed by atoms with E-state index in [-0.39, 0.29) is 12.6 Å². The lowest BCUT2D eigenvalue weighted by Crippen LogP contribution is -2.45. The fraction of sp³-hybridized carbons (Fsp3) is 0.300. The molecule has 0 amide bonds. The van der Waals surface area contributed by atoms with Gasteiger partial charge in [0.2, 0.25) is 10.0 Å². The minimum atomic E-state index is -3.44. The number of hydrogen-bond acceptors (Lipinski definition) is 6. The van der Waals surface area contributed by atoms with Crippen LogP contribution in [0.15, 0.2) is 41.5 Å².